The lowest BCUT2D eigenvalue weighted by molar-refractivity contribution is -0.123. The second-order valence-electron chi connectivity index (χ2n) is 5.87. The fraction of sp³-hybridized carbons (Fsp3) is 0.389. The smallest absolute Gasteiger partial charge is 0.265 e. The zero-order valence-corrected chi connectivity index (χ0v) is 13.7. The molecule has 0 fully saturated rings. The quantitative estimate of drug-likeness (QED) is 0.886. The topological polar surface area (TPSA) is 63.5 Å². The first-order chi connectivity index (χ1) is 11.1. The molecular formula is C18H22N2O3. The summed E-state index contributed by atoms with van der Waals surface area (Å²) >= 11 is 0. The van der Waals surface area contributed by atoms with E-state index in [1.54, 1.807) is 0 Å². The van der Waals surface area contributed by atoms with E-state index < -0.39 is 6.10 Å². The predicted octanol–water partition coefficient (Wildman–Crippen LogP) is 3.55. The van der Waals surface area contributed by atoms with Gasteiger partial charge in [-0.05, 0) is 50.1 Å². The fourth-order valence-corrected chi connectivity index (χ4v) is 2.65. The lowest BCUT2D eigenvalue weighted by atomic mass is 10.1. The van der Waals surface area contributed by atoms with Crippen molar-refractivity contribution in [2.75, 3.05) is 5.32 Å². The number of nitrogens with one attached hydrogen (secondary N) is 2. The Kier molecular flexibility index (Phi) is 4.39. The Hall–Kier alpha value is -2.27. The van der Waals surface area contributed by atoms with Crippen LogP contribution in [0, 0.1) is 6.92 Å². The summed E-state index contributed by atoms with van der Waals surface area (Å²) in [6.45, 7) is 6.64. The maximum atomic E-state index is 11.8. The van der Waals surface area contributed by atoms with Gasteiger partial charge in [0.1, 0.15) is 17.3 Å². The van der Waals surface area contributed by atoms with E-state index in [4.69, 9.17) is 9.15 Å². The molecule has 0 bridgehead atoms. The highest BCUT2D eigenvalue weighted by molar-refractivity contribution is 5.97. The first-order valence-electron chi connectivity index (χ1n) is 7.97. The molecule has 0 aliphatic carbocycles. The first kappa shape index (κ1) is 15.6. The van der Waals surface area contributed by atoms with Gasteiger partial charge in [0, 0.05) is 6.04 Å². The fourth-order valence-electron chi connectivity index (χ4n) is 2.65. The third-order valence-corrected chi connectivity index (χ3v) is 4.07. The lowest BCUT2D eigenvalue weighted by Crippen LogP contribution is -2.36. The number of benzene rings is 1. The minimum Gasteiger partial charge on any atom is -0.478 e. The van der Waals surface area contributed by atoms with E-state index in [-0.39, 0.29) is 11.9 Å². The minimum atomic E-state index is -0.410. The molecule has 2 aromatic rings. The molecule has 1 aliphatic rings. The van der Waals surface area contributed by atoms with E-state index in [1.165, 1.54) is 0 Å². The lowest BCUT2D eigenvalue weighted by Gasteiger charge is -2.26. The van der Waals surface area contributed by atoms with Gasteiger partial charge in [0.25, 0.3) is 5.91 Å². The zero-order chi connectivity index (χ0) is 16.4. The number of amides is 1. The Balaban J connectivity index is 1.69. The Morgan fingerprint density at radius 1 is 1.30 bits per heavy atom. The molecule has 1 aromatic carbocycles. The van der Waals surface area contributed by atoms with E-state index in [2.05, 4.69) is 17.6 Å². The van der Waals surface area contributed by atoms with Gasteiger partial charge >= 0.3 is 0 Å². The molecule has 122 valence electrons. The van der Waals surface area contributed by atoms with Crippen LogP contribution in [0.4, 0.5) is 5.69 Å². The van der Waals surface area contributed by atoms with Crippen molar-refractivity contribution in [1.82, 2.24) is 5.32 Å². The van der Waals surface area contributed by atoms with Crippen LogP contribution in [0.5, 0.6) is 5.75 Å². The van der Waals surface area contributed by atoms with Gasteiger partial charge in [-0.2, -0.15) is 0 Å². The van der Waals surface area contributed by atoms with Gasteiger partial charge in [0.15, 0.2) is 6.10 Å². The van der Waals surface area contributed by atoms with Crippen molar-refractivity contribution in [2.24, 2.45) is 0 Å². The van der Waals surface area contributed by atoms with Crippen LogP contribution >= 0.6 is 0 Å². The third kappa shape index (κ3) is 3.40. The van der Waals surface area contributed by atoms with E-state index in [9.17, 15) is 4.79 Å². The monoisotopic (exact) mass is 314 g/mol. The molecule has 5 heteroatoms. The SMILES string of the molecule is CCC1Oc2cc(C(C)NCc3ccc(C)o3)ccc2NC1=O. The van der Waals surface area contributed by atoms with Crippen LogP contribution in [-0.2, 0) is 11.3 Å². The van der Waals surface area contributed by atoms with Gasteiger partial charge in [-0.3, -0.25) is 4.79 Å². The van der Waals surface area contributed by atoms with Crippen molar-refractivity contribution in [3.63, 3.8) is 0 Å². The molecule has 1 aliphatic heterocycles. The Morgan fingerprint density at radius 3 is 2.83 bits per heavy atom. The number of carbonyl (C=O) groups is 1. The number of carbonyl (C=O) groups excluding carboxylic acids is 1. The average molecular weight is 314 g/mol. The molecule has 1 aromatic heterocycles. The zero-order valence-electron chi connectivity index (χ0n) is 13.7. The molecule has 2 unspecified atom stereocenters. The van der Waals surface area contributed by atoms with Gasteiger partial charge < -0.3 is 19.8 Å². The summed E-state index contributed by atoms with van der Waals surface area (Å²) < 4.78 is 11.4. The van der Waals surface area contributed by atoms with Crippen molar-refractivity contribution >= 4 is 11.6 Å². The number of furan rings is 1. The highest BCUT2D eigenvalue weighted by Crippen LogP contribution is 2.33. The van der Waals surface area contributed by atoms with E-state index in [1.807, 2.05) is 44.2 Å². The molecule has 23 heavy (non-hydrogen) atoms. The van der Waals surface area contributed by atoms with Gasteiger partial charge in [-0.15, -0.1) is 0 Å². The molecule has 2 heterocycles. The Labute approximate surface area is 136 Å². The van der Waals surface area contributed by atoms with Crippen molar-refractivity contribution in [2.45, 2.75) is 45.9 Å². The van der Waals surface area contributed by atoms with Crippen LogP contribution in [0.15, 0.2) is 34.7 Å². The summed E-state index contributed by atoms with van der Waals surface area (Å²) in [5, 5.41) is 6.32. The molecule has 0 saturated carbocycles. The van der Waals surface area contributed by atoms with E-state index >= 15 is 0 Å². The molecule has 0 saturated heterocycles. The van der Waals surface area contributed by atoms with Crippen molar-refractivity contribution in [1.29, 1.82) is 0 Å². The number of rotatable bonds is 5. The van der Waals surface area contributed by atoms with E-state index in [0.29, 0.717) is 13.0 Å². The second-order valence-corrected chi connectivity index (χ2v) is 5.87. The molecule has 0 spiro atoms. The Morgan fingerprint density at radius 2 is 2.13 bits per heavy atom. The van der Waals surface area contributed by atoms with Crippen LogP contribution in [0.25, 0.3) is 0 Å². The number of anilines is 1. The normalized spacial score (nSPS) is 18.0. The van der Waals surface area contributed by atoms with Crippen LogP contribution in [0.2, 0.25) is 0 Å². The predicted molar refractivity (Wildman–Crippen MR) is 88.5 cm³/mol. The van der Waals surface area contributed by atoms with Crippen LogP contribution < -0.4 is 15.4 Å². The summed E-state index contributed by atoms with van der Waals surface area (Å²) in [7, 11) is 0. The molecule has 0 radical (unpaired) electrons. The van der Waals surface area contributed by atoms with Gasteiger partial charge in [-0.1, -0.05) is 13.0 Å². The largest absolute Gasteiger partial charge is 0.478 e. The second kappa shape index (κ2) is 6.46. The van der Waals surface area contributed by atoms with Crippen molar-refractivity contribution < 1.29 is 13.9 Å². The number of hydrogen-bond donors (Lipinski definition) is 2. The maximum Gasteiger partial charge on any atom is 0.265 e. The van der Waals surface area contributed by atoms with Crippen molar-refractivity contribution in [3.05, 3.63) is 47.4 Å². The van der Waals surface area contributed by atoms with Gasteiger partial charge in [0.2, 0.25) is 0 Å². The highest BCUT2D eigenvalue weighted by atomic mass is 16.5. The third-order valence-electron chi connectivity index (χ3n) is 4.07. The number of ether oxygens (including phenoxy) is 1. The maximum absolute atomic E-state index is 11.8. The molecular weight excluding hydrogens is 292 g/mol. The molecule has 2 N–H and O–H groups in total. The van der Waals surface area contributed by atoms with Crippen LogP contribution in [0.3, 0.4) is 0 Å². The summed E-state index contributed by atoms with van der Waals surface area (Å²) in [5.74, 6) is 2.49. The standard InChI is InChI=1S/C18H22N2O3/c1-4-16-18(21)20-15-8-6-13(9-17(15)23-16)12(3)19-10-14-7-5-11(2)22-14/h5-9,12,16,19H,4,10H2,1-3H3,(H,20,21). The van der Waals surface area contributed by atoms with Crippen LogP contribution in [0.1, 0.15) is 43.4 Å². The van der Waals surface area contributed by atoms with Gasteiger partial charge in [0.05, 0.1) is 12.2 Å². The molecule has 3 rings (SSSR count). The summed E-state index contributed by atoms with van der Waals surface area (Å²) in [5.41, 5.74) is 1.84. The summed E-state index contributed by atoms with van der Waals surface area (Å²) in [6.07, 6.45) is 0.244. The first-order valence-corrected chi connectivity index (χ1v) is 7.97. The molecule has 2 atom stereocenters. The summed E-state index contributed by atoms with van der Waals surface area (Å²) in [4.78, 5) is 11.8. The number of aryl methyl sites for hydroxylation is 1. The number of fused-ring (bicyclic) bond motifs is 1. The average Bonchev–Trinajstić information content (AvgIpc) is 2.97. The van der Waals surface area contributed by atoms with Crippen molar-refractivity contribution in [3.8, 4) is 5.75 Å². The van der Waals surface area contributed by atoms with Gasteiger partial charge in [-0.25, -0.2) is 0 Å². The number of hydrogen-bond acceptors (Lipinski definition) is 4. The van der Waals surface area contributed by atoms with E-state index in [0.717, 1.165) is 28.5 Å². The minimum absolute atomic E-state index is 0.0767. The molecule has 1 amide bonds. The van der Waals surface area contributed by atoms with Crippen LogP contribution in [-0.4, -0.2) is 12.0 Å². The summed E-state index contributed by atoms with van der Waals surface area (Å²) in [6, 6.07) is 9.97. The highest BCUT2D eigenvalue weighted by Gasteiger charge is 2.26. The Bertz CT molecular complexity index is 708. The molecule has 5 nitrogen and oxygen atoms in total.